The van der Waals surface area contributed by atoms with Crippen LogP contribution in [-0.2, 0) is 5.41 Å². The number of aromatic nitrogens is 4. The molecule has 50 heavy (non-hydrogen) atoms. The van der Waals surface area contributed by atoms with Crippen LogP contribution >= 0.6 is 0 Å². The average molecular weight is 641 g/mol. The Labute approximate surface area is 290 Å². The lowest BCUT2D eigenvalue weighted by atomic mass is 9.63. The molecule has 2 aromatic heterocycles. The smallest absolute Gasteiger partial charge is 0.238 e. The molecular formula is C46H32N4. The maximum absolute atomic E-state index is 5.29. The largest absolute Gasteiger partial charge is 0.277 e. The Bertz CT molecular complexity index is 2490. The lowest BCUT2D eigenvalue weighted by molar-refractivity contribution is 0.458. The Morgan fingerprint density at radius 3 is 1.64 bits per heavy atom. The van der Waals surface area contributed by atoms with E-state index in [9.17, 15) is 0 Å². The van der Waals surface area contributed by atoms with Crippen molar-refractivity contribution < 1.29 is 0 Å². The van der Waals surface area contributed by atoms with Crippen LogP contribution in [0.25, 0.3) is 50.5 Å². The molecule has 236 valence electrons. The molecule has 2 heterocycles. The van der Waals surface area contributed by atoms with Crippen molar-refractivity contribution in [1.29, 1.82) is 0 Å². The van der Waals surface area contributed by atoms with E-state index in [0.29, 0.717) is 17.6 Å². The lowest BCUT2D eigenvalue weighted by Crippen LogP contribution is -2.35. The molecule has 2 aliphatic carbocycles. The normalized spacial score (nSPS) is 17.2. The van der Waals surface area contributed by atoms with E-state index in [1.807, 2.05) is 36.4 Å². The van der Waals surface area contributed by atoms with Gasteiger partial charge in [-0.3, -0.25) is 4.57 Å². The molecule has 2 unspecified atom stereocenters. The third-order valence-corrected chi connectivity index (χ3v) is 10.6. The Kier molecular flexibility index (Phi) is 6.50. The molecule has 0 amide bonds. The van der Waals surface area contributed by atoms with Crippen molar-refractivity contribution in [3.8, 4) is 28.7 Å². The summed E-state index contributed by atoms with van der Waals surface area (Å²) < 4.78 is 2.31. The summed E-state index contributed by atoms with van der Waals surface area (Å²) in [5.41, 5.74) is 8.80. The van der Waals surface area contributed by atoms with Crippen LogP contribution < -0.4 is 0 Å². The molecule has 2 aliphatic rings. The van der Waals surface area contributed by atoms with Gasteiger partial charge in [0, 0.05) is 33.7 Å². The summed E-state index contributed by atoms with van der Waals surface area (Å²) in [5, 5.41) is 2.36. The van der Waals surface area contributed by atoms with Gasteiger partial charge in [-0.1, -0.05) is 176 Å². The number of allylic oxidation sites excluding steroid dienone is 4. The van der Waals surface area contributed by atoms with E-state index in [4.69, 9.17) is 15.0 Å². The first-order chi connectivity index (χ1) is 24.8. The number of nitrogens with zero attached hydrogens (tertiary/aromatic N) is 4. The van der Waals surface area contributed by atoms with Crippen LogP contribution in [0.2, 0.25) is 0 Å². The van der Waals surface area contributed by atoms with E-state index >= 15 is 0 Å². The van der Waals surface area contributed by atoms with Crippen molar-refractivity contribution in [3.05, 3.63) is 204 Å². The van der Waals surface area contributed by atoms with Crippen molar-refractivity contribution in [2.45, 2.75) is 11.3 Å². The van der Waals surface area contributed by atoms with Crippen LogP contribution in [0.5, 0.6) is 0 Å². The number of benzene rings is 6. The monoisotopic (exact) mass is 640 g/mol. The molecule has 4 heteroatoms. The fourth-order valence-corrected chi connectivity index (χ4v) is 8.60. The van der Waals surface area contributed by atoms with E-state index < -0.39 is 5.41 Å². The van der Waals surface area contributed by atoms with E-state index in [1.165, 1.54) is 33.0 Å². The summed E-state index contributed by atoms with van der Waals surface area (Å²) in [6.45, 7) is 0. The average Bonchev–Trinajstić information content (AvgIpc) is 3.70. The van der Waals surface area contributed by atoms with Gasteiger partial charge in [-0.05, 0) is 28.3 Å². The number of fused-ring (bicyclic) bond motifs is 7. The van der Waals surface area contributed by atoms with Crippen molar-refractivity contribution in [3.63, 3.8) is 0 Å². The Morgan fingerprint density at radius 1 is 0.480 bits per heavy atom. The summed E-state index contributed by atoms with van der Waals surface area (Å²) in [4.78, 5) is 15.6. The third-order valence-electron chi connectivity index (χ3n) is 10.6. The summed E-state index contributed by atoms with van der Waals surface area (Å²) in [6, 6.07) is 56.0. The minimum Gasteiger partial charge on any atom is -0.277 e. The molecule has 0 saturated heterocycles. The van der Waals surface area contributed by atoms with E-state index in [2.05, 4.69) is 150 Å². The highest BCUT2D eigenvalue weighted by molar-refractivity contribution is 6.11. The topological polar surface area (TPSA) is 43.6 Å². The van der Waals surface area contributed by atoms with Crippen LogP contribution in [0, 0.1) is 5.92 Å². The van der Waals surface area contributed by atoms with E-state index in [0.717, 1.165) is 22.2 Å². The van der Waals surface area contributed by atoms with E-state index in [1.54, 1.807) is 0 Å². The maximum Gasteiger partial charge on any atom is 0.238 e. The predicted octanol–water partition coefficient (Wildman–Crippen LogP) is 10.5. The van der Waals surface area contributed by atoms with Crippen molar-refractivity contribution in [2.24, 2.45) is 5.92 Å². The molecule has 0 N–H and O–H groups in total. The summed E-state index contributed by atoms with van der Waals surface area (Å²) in [6.07, 6.45) is 9.25. The quantitative estimate of drug-likeness (QED) is 0.188. The second kappa shape index (κ2) is 11.4. The molecule has 2 atom stereocenters. The van der Waals surface area contributed by atoms with Gasteiger partial charge in [-0.25, -0.2) is 4.98 Å². The highest BCUT2D eigenvalue weighted by atomic mass is 15.2. The van der Waals surface area contributed by atoms with Gasteiger partial charge < -0.3 is 0 Å². The molecule has 0 saturated carbocycles. The van der Waals surface area contributed by atoms with Crippen molar-refractivity contribution >= 4 is 21.8 Å². The van der Waals surface area contributed by atoms with Crippen LogP contribution in [-0.4, -0.2) is 19.5 Å². The van der Waals surface area contributed by atoms with Gasteiger partial charge in [0.25, 0.3) is 0 Å². The van der Waals surface area contributed by atoms with Gasteiger partial charge in [0.15, 0.2) is 11.6 Å². The molecule has 0 fully saturated rings. The minimum absolute atomic E-state index is 0.169. The molecule has 0 spiro atoms. The van der Waals surface area contributed by atoms with E-state index in [-0.39, 0.29) is 11.8 Å². The number of rotatable bonds is 5. The van der Waals surface area contributed by atoms with Gasteiger partial charge in [0.2, 0.25) is 5.95 Å². The zero-order valence-corrected chi connectivity index (χ0v) is 27.3. The SMILES string of the molecule is C1=CC2c3ccc4c5ccccc5n(-c5nc(-c6ccccc6)nc(-c6ccccc6)n5)c4c3C(c3ccccc3)(c3ccccc3)C2C=C1. The first kappa shape index (κ1) is 28.6. The van der Waals surface area contributed by atoms with Crippen LogP contribution in [0.15, 0.2) is 182 Å². The molecule has 4 nitrogen and oxygen atoms in total. The highest BCUT2D eigenvalue weighted by Gasteiger charge is 2.54. The Morgan fingerprint density at radius 2 is 1.02 bits per heavy atom. The summed E-state index contributed by atoms with van der Waals surface area (Å²) in [7, 11) is 0. The van der Waals surface area contributed by atoms with Crippen LogP contribution in [0.3, 0.4) is 0 Å². The third kappa shape index (κ3) is 4.15. The summed E-state index contributed by atoms with van der Waals surface area (Å²) in [5.74, 6) is 2.26. The minimum atomic E-state index is -0.479. The maximum atomic E-state index is 5.29. The fourth-order valence-electron chi connectivity index (χ4n) is 8.60. The number of hydrogen-bond donors (Lipinski definition) is 0. The Balaban J connectivity index is 1.39. The standard InChI is InChI=1S/C46H32N4/c1-5-17-31(18-6-1)43-47-44(32-19-7-2-8-20-32)49-45(48-43)50-40-28-16-14-26-36(40)38-30-29-37-35-25-13-15-27-39(35)46(41(37)42(38)50,33-21-9-3-10-22-33)34-23-11-4-12-24-34/h1-30,35,39H. The zero-order chi connectivity index (χ0) is 33.1. The van der Waals surface area contributed by atoms with Gasteiger partial charge in [0.05, 0.1) is 16.4 Å². The molecule has 0 bridgehead atoms. The fraction of sp³-hybridized carbons (Fsp3) is 0.0652. The van der Waals surface area contributed by atoms with Gasteiger partial charge >= 0.3 is 0 Å². The second-order valence-electron chi connectivity index (χ2n) is 13.2. The molecule has 0 radical (unpaired) electrons. The van der Waals surface area contributed by atoms with Gasteiger partial charge in [0.1, 0.15) is 0 Å². The predicted molar refractivity (Wildman–Crippen MR) is 202 cm³/mol. The first-order valence-corrected chi connectivity index (χ1v) is 17.2. The molecule has 0 aliphatic heterocycles. The van der Waals surface area contributed by atoms with Crippen molar-refractivity contribution in [1.82, 2.24) is 19.5 Å². The van der Waals surface area contributed by atoms with Crippen molar-refractivity contribution in [2.75, 3.05) is 0 Å². The lowest BCUT2D eigenvalue weighted by Gasteiger charge is -2.39. The zero-order valence-electron chi connectivity index (χ0n) is 27.3. The molecule has 8 aromatic rings. The number of hydrogen-bond acceptors (Lipinski definition) is 3. The van der Waals surface area contributed by atoms with Crippen LogP contribution in [0.1, 0.15) is 28.2 Å². The van der Waals surface area contributed by atoms with Gasteiger partial charge in [-0.2, -0.15) is 9.97 Å². The molecule has 6 aromatic carbocycles. The van der Waals surface area contributed by atoms with Crippen LogP contribution in [0.4, 0.5) is 0 Å². The number of para-hydroxylation sites is 1. The Hall–Kier alpha value is -6.39. The second-order valence-corrected chi connectivity index (χ2v) is 13.2. The van der Waals surface area contributed by atoms with Gasteiger partial charge in [-0.15, -0.1) is 0 Å². The highest BCUT2D eigenvalue weighted by Crippen LogP contribution is 2.61. The molecule has 10 rings (SSSR count). The summed E-state index contributed by atoms with van der Waals surface area (Å²) >= 11 is 0. The molecular weight excluding hydrogens is 609 g/mol. The first-order valence-electron chi connectivity index (χ1n) is 17.2.